The number of carbonyl (C=O) groups is 2. The number of hydrogen-bond donors (Lipinski definition) is 1. The Morgan fingerprint density at radius 1 is 1.02 bits per heavy atom. The van der Waals surface area contributed by atoms with Gasteiger partial charge in [0, 0.05) is 17.6 Å². The van der Waals surface area contributed by atoms with E-state index >= 15 is 0 Å². The summed E-state index contributed by atoms with van der Waals surface area (Å²) in [6.07, 6.45) is 4.32. The average Bonchev–Trinajstić information content (AvgIpc) is 3.48. The van der Waals surface area contributed by atoms with E-state index in [4.69, 9.17) is 16.3 Å². The third-order valence-electron chi connectivity index (χ3n) is 7.55. The fraction of sp³-hybridized carbons (Fsp3) is 0.375. The molecule has 1 aliphatic rings. The monoisotopic (exact) mass is 611 g/mol. The minimum absolute atomic E-state index is 0.00710. The number of nitrogens with one attached hydrogen (secondary N) is 1. The molecule has 0 bridgehead atoms. The highest BCUT2D eigenvalue weighted by atomic mass is 35.5. The number of halogens is 1. The van der Waals surface area contributed by atoms with Gasteiger partial charge in [0.2, 0.25) is 11.8 Å². The zero-order chi connectivity index (χ0) is 30.3. The van der Waals surface area contributed by atoms with E-state index in [1.807, 2.05) is 38.1 Å². The summed E-state index contributed by atoms with van der Waals surface area (Å²) in [7, 11) is -2.71. The SMILES string of the molecule is CC[C@H](C(=O)NC1CCCC1)N(Cc1cccc(C)c1)C(=O)CN(c1cccc(Cl)c1)S(=O)(=O)c1ccc(OC)cc1. The Balaban J connectivity index is 1.71. The third-order valence-corrected chi connectivity index (χ3v) is 9.57. The van der Waals surface area contributed by atoms with Gasteiger partial charge in [-0.3, -0.25) is 13.9 Å². The molecule has 1 atom stereocenters. The maximum Gasteiger partial charge on any atom is 0.264 e. The van der Waals surface area contributed by atoms with Crippen LogP contribution in [0.15, 0.2) is 77.7 Å². The van der Waals surface area contributed by atoms with Gasteiger partial charge in [-0.2, -0.15) is 0 Å². The zero-order valence-corrected chi connectivity index (χ0v) is 25.8. The van der Waals surface area contributed by atoms with Crippen LogP contribution < -0.4 is 14.4 Å². The lowest BCUT2D eigenvalue weighted by Crippen LogP contribution is -2.53. The molecule has 2 amide bonds. The molecule has 3 aromatic carbocycles. The van der Waals surface area contributed by atoms with Crippen LogP contribution in [-0.4, -0.2) is 50.9 Å². The van der Waals surface area contributed by atoms with Crippen molar-refractivity contribution in [1.82, 2.24) is 10.2 Å². The van der Waals surface area contributed by atoms with Gasteiger partial charge in [-0.25, -0.2) is 8.42 Å². The van der Waals surface area contributed by atoms with Gasteiger partial charge in [-0.1, -0.05) is 67.3 Å². The van der Waals surface area contributed by atoms with Crippen LogP contribution in [0, 0.1) is 6.92 Å². The predicted octanol–water partition coefficient (Wildman–Crippen LogP) is 5.72. The highest BCUT2D eigenvalue weighted by molar-refractivity contribution is 7.92. The van der Waals surface area contributed by atoms with Crippen LogP contribution in [0.25, 0.3) is 0 Å². The number of hydrogen-bond acceptors (Lipinski definition) is 5. The minimum atomic E-state index is -4.20. The molecule has 8 nitrogen and oxygen atoms in total. The Morgan fingerprint density at radius 2 is 1.71 bits per heavy atom. The Bertz CT molecular complexity index is 1490. The molecule has 1 saturated carbocycles. The normalized spacial score (nSPS) is 14.3. The Kier molecular flexibility index (Phi) is 10.5. The topological polar surface area (TPSA) is 96.0 Å². The Morgan fingerprint density at radius 3 is 2.33 bits per heavy atom. The lowest BCUT2D eigenvalue weighted by molar-refractivity contribution is -0.140. The van der Waals surface area contributed by atoms with E-state index in [1.165, 1.54) is 30.2 Å². The number of carbonyl (C=O) groups excluding carboxylic acids is 2. The van der Waals surface area contributed by atoms with E-state index in [2.05, 4.69) is 5.32 Å². The zero-order valence-electron chi connectivity index (χ0n) is 24.3. The molecule has 1 aliphatic carbocycles. The highest BCUT2D eigenvalue weighted by Crippen LogP contribution is 2.28. The predicted molar refractivity (Wildman–Crippen MR) is 165 cm³/mol. The van der Waals surface area contributed by atoms with Crippen LogP contribution in [0.3, 0.4) is 0 Å². The van der Waals surface area contributed by atoms with Crippen molar-refractivity contribution in [1.29, 1.82) is 0 Å². The summed E-state index contributed by atoms with van der Waals surface area (Å²) in [4.78, 5) is 29.2. The van der Waals surface area contributed by atoms with E-state index in [-0.39, 0.29) is 29.1 Å². The molecule has 0 saturated heterocycles. The lowest BCUT2D eigenvalue weighted by atomic mass is 10.1. The number of ether oxygens (including phenoxy) is 1. The van der Waals surface area contributed by atoms with Crippen molar-refractivity contribution >= 4 is 39.1 Å². The summed E-state index contributed by atoms with van der Waals surface area (Å²) in [5.41, 5.74) is 2.11. The molecule has 224 valence electrons. The molecule has 42 heavy (non-hydrogen) atoms. The van der Waals surface area contributed by atoms with Crippen molar-refractivity contribution in [2.24, 2.45) is 0 Å². The molecule has 0 heterocycles. The van der Waals surface area contributed by atoms with Crippen molar-refractivity contribution in [2.45, 2.75) is 69.5 Å². The van der Waals surface area contributed by atoms with Gasteiger partial charge in [0.05, 0.1) is 17.7 Å². The van der Waals surface area contributed by atoms with Gasteiger partial charge in [0.1, 0.15) is 18.3 Å². The van der Waals surface area contributed by atoms with Crippen molar-refractivity contribution < 1.29 is 22.7 Å². The number of rotatable bonds is 12. The fourth-order valence-corrected chi connectivity index (χ4v) is 6.92. The third kappa shape index (κ3) is 7.63. The van der Waals surface area contributed by atoms with E-state index in [9.17, 15) is 18.0 Å². The first-order valence-electron chi connectivity index (χ1n) is 14.2. The first-order chi connectivity index (χ1) is 20.1. The molecule has 1 fully saturated rings. The van der Waals surface area contributed by atoms with Crippen LogP contribution in [-0.2, 0) is 26.2 Å². The first kappa shape index (κ1) is 31.4. The number of nitrogens with zero attached hydrogens (tertiary/aromatic N) is 2. The number of benzene rings is 3. The smallest absolute Gasteiger partial charge is 0.264 e. The summed E-state index contributed by atoms with van der Waals surface area (Å²) < 4.78 is 34.2. The fourth-order valence-electron chi connectivity index (χ4n) is 5.33. The van der Waals surface area contributed by atoms with Crippen LogP contribution in [0.4, 0.5) is 5.69 Å². The quantitative estimate of drug-likeness (QED) is 0.283. The molecule has 1 N–H and O–H groups in total. The molecule has 10 heteroatoms. The summed E-state index contributed by atoms with van der Waals surface area (Å²) >= 11 is 6.25. The maximum absolute atomic E-state index is 14.2. The van der Waals surface area contributed by atoms with Crippen LogP contribution in [0.5, 0.6) is 5.75 Å². The number of aryl methyl sites for hydroxylation is 1. The molecule has 4 rings (SSSR count). The summed E-state index contributed by atoms with van der Waals surface area (Å²) in [5, 5.41) is 3.46. The molecule has 0 radical (unpaired) electrons. The molecular formula is C32H38ClN3O5S. The molecule has 0 unspecified atom stereocenters. The Labute approximate surface area is 253 Å². The number of sulfonamides is 1. The van der Waals surface area contributed by atoms with Gasteiger partial charge < -0.3 is 15.0 Å². The standard InChI is InChI=1S/C32H38ClN3O5S/c1-4-30(32(38)34-26-12-5-6-13-26)35(21-24-10-7-9-23(2)19-24)31(37)22-36(27-14-8-11-25(33)20-27)42(39,40)29-17-15-28(41-3)16-18-29/h7-11,14-20,26,30H,4-6,12-13,21-22H2,1-3H3,(H,34,38)/t30-/m1/s1. The van der Waals surface area contributed by atoms with Crippen molar-refractivity contribution in [3.8, 4) is 5.75 Å². The second-order valence-electron chi connectivity index (χ2n) is 10.6. The molecular weight excluding hydrogens is 574 g/mol. The van der Waals surface area contributed by atoms with Gasteiger partial charge in [-0.15, -0.1) is 0 Å². The van der Waals surface area contributed by atoms with Gasteiger partial charge in [-0.05, 0) is 74.2 Å². The minimum Gasteiger partial charge on any atom is -0.497 e. The van der Waals surface area contributed by atoms with Gasteiger partial charge in [0.25, 0.3) is 10.0 Å². The summed E-state index contributed by atoms with van der Waals surface area (Å²) in [6, 6.07) is 19.4. The van der Waals surface area contributed by atoms with E-state index in [0.717, 1.165) is 41.1 Å². The van der Waals surface area contributed by atoms with E-state index in [0.29, 0.717) is 17.2 Å². The Hall–Kier alpha value is -3.56. The largest absolute Gasteiger partial charge is 0.497 e. The lowest BCUT2D eigenvalue weighted by Gasteiger charge is -2.34. The second-order valence-corrected chi connectivity index (χ2v) is 12.9. The van der Waals surface area contributed by atoms with Crippen LogP contribution >= 0.6 is 11.6 Å². The summed E-state index contributed by atoms with van der Waals surface area (Å²) in [6.45, 7) is 3.46. The molecule has 0 aliphatic heterocycles. The highest BCUT2D eigenvalue weighted by Gasteiger charge is 2.34. The van der Waals surface area contributed by atoms with E-state index < -0.39 is 28.5 Å². The van der Waals surface area contributed by atoms with Crippen LogP contribution in [0.2, 0.25) is 5.02 Å². The molecule has 0 spiro atoms. The summed E-state index contributed by atoms with van der Waals surface area (Å²) in [5.74, 6) is -0.220. The van der Waals surface area contributed by atoms with Crippen molar-refractivity contribution in [3.05, 3.63) is 88.9 Å². The number of anilines is 1. The molecule has 0 aromatic heterocycles. The van der Waals surface area contributed by atoms with Crippen molar-refractivity contribution in [3.63, 3.8) is 0 Å². The number of amides is 2. The maximum atomic E-state index is 14.2. The van der Waals surface area contributed by atoms with Crippen LogP contribution in [0.1, 0.15) is 50.2 Å². The average molecular weight is 612 g/mol. The first-order valence-corrected chi connectivity index (χ1v) is 16.0. The second kappa shape index (κ2) is 14.1. The number of methoxy groups -OCH3 is 1. The van der Waals surface area contributed by atoms with Gasteiger partial charge in [0.15, 0.2) is 0 Å². The molecule has 3 aromatic rings. The van der Waals surface area contributed by atoms with Gasteiger partial charge >= 0.3 is 0 Å². The van der Waals surface area contributed by atoms with E-state index in [1.54, 1.807) is 30.3 Å². The van der Waals surface area contributed by atoms with Crippen molar-refractivity contribution in [2.75, 3.05) is 18.0 Å².